The first-order valence-corrected chi connectivity index (χ1v) is 6.27. The van der Waals surface area contributed by atoms with Crippen molar-refractivity contribution >= 4 is 5.91 Å². The van der Waals surface area contributed by atoms with Gasteiger partial charge in [-0.1, -0.05) is 6.07 Å². The number of nitrogens with one attached hydrogen (secondary N) is 1. The van der Waals surface area contributed by atoms with Gasteiger partial charge in [-0.3, -0.25) is 4.79 Å². The van der Waals surface area contributed by atoms with Gasteiger partial charge in [0, 0.05) is 12.2 Å². The molecule has 1 fully saturated rings. The minimum absolute atomic E-state index is 0.0335. The molecule has 98 valence electrons. The monoisotopic (exact) mass is 249 g/mol. The van der Waals surface area contributed by atoms with E-state index in [1.165, 1.54) is 0 Å². The van der Waals surface area contributed by atoms with Gasteiger partial charge in [-0.25, -0.2) is 0 Å². The molecule has 1 aliphatic rings. The molecular formula is C14H19NO3. The molecule has 0 bridgehead atoms. The molecule has 0 aromatic heterocycles. The molecule has 1 saturated heterocycles. The van der Waals surface area contributed by atoms with Crippen LogP contribution in [0.25, 0.3) is 0 Å². The van der Waals surface area contributed by atoms with E-state index in [9.17, 15) is 4.79 Å². The van der Waals surface area contributed by atoms with Gasteiger partial charge in [0.15, 0.2) is 0 Å². The number of hydrogen-bond acceptors (Lipinski definition) is 3. The van der Waals surface area contributed by atoms with Crippen LogP contribution in [0, 0.1) is 0 Å². The highest BCUT2D eigenvalue weighted by molar-refractivity contribution is 5.94. The van der Waals surface area contributed by atoms with E-state index in [1.807, 2.05) is 19.1 Å². The zero-order valence-electron chi connectivity index (χ0n) is 10.8. The maximum Gasteiger partial charge on any atom is 0.251 e. The van der Waals surface area contributed by atoms with E-state index in [0.717, 1.165) is 19.4 Å². The van der Waals surface area contributed by atoms with Gasteiger partial charge < -0.3 is 14.8 Å². The first kappa shape index (κ1) is 12.9. The number of carbonyl (C=O) groups excluding carboxylic acids is 1. The van der Waals surface area contributed by atoms with Gasteiger partial charge in [0.25, 0.3) is 5.91 Å². The van der Waals surface area contributed by atoms with Crippen molar-refractivity contribution in [3.8, 4) is 5.75 Å². The number of ether oxygens (including phenoxy) is 2. The molecular weight excluding hydrogens is 230 g/mol. The molecule has 18 heavy (non-hydrogen) atoms. The lowest BCUT2D eigenvalue weighted by Crippen LogP contribution is -2.40. The van der Waals surface area contributed by atoms with Crippen LogP contribution in [0.15, 0.2) is 24.3 Å². The van der Waals surface area contributed by atoms with Crippen molar-refractivity contribution < 1.29 is 14.3 Å². The quantitative estimate of drug-likeness (QED) is 0.887. The number of rotatable bonds is 4. The van der Waals surface area contributed by atoms with Crippen LogP contribution in [0.1, 0.15) is 30.1 Å². The summed E-state index contributed by atoms with van der Waals surface area (Å²) in [4.78, 5) is 12.1. The van der Waals surface area contributed by atoms with Crippen molar-refractivity contribution in [2.45, 2.75) is 31.9 Å². The SMILES string of the molecule is COc1cccc(C(=O)N[C@H](C)[C@@H]2CCCO2)c1. The topological polar surface area (TPSA) is 47.6 Å². The van der Waals surface area contributed by atoms with Crippen molar-refractivity contribution in [1.29, 1.82) is 0 Å². The fourth-order valence-electron chi connectivity index (χ4n) is 2.14. The summed E-state index contributed by atoms with van der Waals surface area (Å²) in [6, 6.07) is 7.17. The van der Waals surface area contributed by atoms with E-state index < -0.39 is 0 Å². The molecule has 2 atom stereocenters. The predicted octanol–water partition coefficient (Wildman–Crippen LogP) is 1.99. The third-order valence-electron chi connectivity index (χ3n) is 3.21. The van der Waals surface area contributed by atoms with Crippen LogP contribution in [0.2, 0.25) is 0 Å². The first-order valence-electron chi connectivity index (χ1n) is 6.27. The molecule has 1 amide bonds. The average molecular weight is 249 g/mol. The smallest absolute Gasteiger partial charge is 0.251 e. The highest BCUT2D eigenvalue weighted by Gasteiger charge is 2.23. The summed E-state index contributed by atoms with van der Waals surface area (Å²) < 4.78 is 10.7. The van der Waals surface area contributed by atoms with Gasteiger partial charge in [-0.05, 0) is 38.0 Å². The second kappa shape index (κ2) is 5.87. The molecule has 1 aliphatic heterocycles. The molecule has 0 saturated carbocycles. The molecule has 4 nitrogen and oxygen atoms in total. The molecule has 0 spiro atoms. The predicted molar refractivity (Wildman–Crippen MR) is 68.9 cm³/mol. The molecule has 4 heteroatoms. The maximum atomic E-state index is 12.1. The maximum absolute atomic E-state index is 12.1. The molecule has 1 aromatic rings. The van der Waals surface area contributed by atoms with Gasteiger partial charge in [-0.2, -0.15) is 0 Å². The molecule has 2 rings (SSSR count). The fraction of sp³-hybridized carbons (Fsp3) is 0.500. The van der Waals surface area contributed by atoms with E-state index in [4.69, 9.17) is 9.47 Å². The third kappa shape index (κ3) is 3.01. The second-order valence-corrected chi connectivity index (χ2v) is 4.55. The molecule has 1 N–H and O–H groups in total. The molecule has 1 aromatic carbocycles. The standard InChI is InChI=1S/C14H19NO3/c1-10(13-7-4-8-18-13)15-14(16)11-5-3-6-12(9-11)17-2/h3,5-6,9-10,13H,4,7-8H2,1-2H3,(H,15,16)/t10-,13+/m1/s1. The van der Waals surface area contributed by atoms with Crippen molar-refractivity contribution in [3.63, 3.8) is 0 Å². The van der Waals surface area contributed by atoms with Crippen LogP contribution in [0.4, 0.5) is 0 Å². The van der Waals surface area contributed by atoms with Crippen molar-refractivity contribution in [2.75, 3.05) is 13.7 Å². The summed E-state index contributed by atoms with van der Waals surface area (Å²) in [5.41, 5.74) is 0.610. The number of amides is 1. The lowest BCUT2D eigenvalue weighted by Gasteiger charge is -2.20. The largest absolute Gasteiger partial charge is 0.497 e. The molecule has 0 aliphatic carbocycles. The Morgan fingerprint density at radius 2 is 2.39 bits per heavy atom. The summed E-state index contributed by atoms with van der Waals surface area (Å²) in [6.07, 6.45) is 2.23. The van der Waals surface area contributed by atoms with Crippen molar-refractivity contribution in [1.82, 2.24) is 5.32 Å². The van der Waals surface area contributed by atoms with E-state index >= 15 is 0 Å². The van der Waals surface area contributed by atoms with Gasteiger partial charge in [0.1, 0.15) is 5.75 Å². The van der Waals surface area contributed by atoms with Crippen LogP contribution >= 0.6 is 0 Å². The Hall–Kier alpha value is -1.55. The fourth-order valence-corrected chi connectivity index (χ4v) is 2.14. The normalized spacial score (nSPS) is 20.4. The molecule has 1 heterocycles. The van der Waals surface area contributed by atoms with E-state index in [0.29, 0.717) is 11.3 Å². The Morgan fingerprint density at radius 1 is 1.56 bits per heavy atom. The number of carbonyl (C=O) groups is 1. The molecule has 0 unspecified atom stereocenters. The number of methoxy groups -OCH3 is 1. The van der Waals surface area contributed by atoms with Crippen molar-refractivity contribution in [2.24, 2.45) is 0 Å². The number of benzene rings is 1. The summed E-state index contributed by atoms with van der Waals surface area (Å²) in [7, 11) is 1.59. The zero-order chi connectivity index (χ0) is 13.0. The minimum Gasteiger partial charge on any atom is -0.497 e. The minimum atomic E-state index is -0.0862. The number of hydrogen-bond donors (Lipinski definition) is 1. The van der Waals surface area contributed by atoms with Crippen LogP contribution in [0.5, 0.6) is 5.75 Å². The first-order chi connectivity index (χ1) is 8.70. The lowest BCUT2D eigenvalue weighted by atomic mass is 10.1. The Labute approximate surface area is 107 Å². The summed E-state index contributed by atoms with van der Waals surface area (Å²) in [5, 5.41) is 2.97. The molecule has 0 radical (unpaired) electrons. The summed E-state index contributed by atoms with van der Waals surface area (Å²) in [5.74, 6) is 0.601. The Bertz CT molecular complexity index is 413. The Kier molecular flexibility index (Phi) is 4.20. The Morgan fingerprint density at radius 3 is 3.06 bits per heavy atom. The average Bonchev–Trinajstić information content (AvgIpc) is 2.92. The zero-order valence-corrected chi connectivity index (χ0v) is 10.8. The van der Waals surface area contributed by atoms with E-state index in [-0.39, 0.29) is 18.1 Å². The third-order valence-corrected chi connectivity index (χ3v) is 3.21. The van der Waals surface area contributed by atoms with Gasteiger partial charge in [0.05, 0.1) is 19.3 Å². The van der Waals surface area contributed by atoms with E-state index in [2.05, 4.69) is 5.32 Å². The highest BCUT2D eigenvalue weighted by atomic mass is 16.5. The van der Waals surface area contributed by atoms with Crippen molar-refractivity contribution in [3.05, 3.63) is 29.8 Å². The van der Waals surface area contributed by atoms with Gasteiger partial charge in [-0.15, -0.1) is 0 Å². The van der Waals surface area contributed by atoms with Crippen LogP contribution < -0.4 is 10.1 Å². The van der Waals surface area contributed by atoms with Crippen LogP contribution in [-0.2, 0) is 4.74 Å². The lowest BCUT2D eigenvalue weighted by molar-refractivity contribution is 0.0712. The second-order valence-electron chi connectivity index (χ2n) is 4.55. The highest BCUT2D eigenvalue weighted by Crippen LogP contribution is 2.17. The van der Waals surface area contributed by atoms with Gasteiger partial charge >= 0.3 is 0 Å². The van der Waals surface area contributed by atoms with Gasteiger partial charge in [0.2, 0.25) is 0 Å². The van der Waals surface area contributed by atoms with Crippen LogP contribution in [0.3, 0.4) is 0 Å². The van der Waals surface area contributed by atoms with Crippen LogP contribution in [-0.4, -0.2) is 31.8 Å². The summed E-state index contributed by atoms with van der Waals surface area (Å²) >= 11 is 0. The Balaban J connectivity index is 1.97. The van der Waals surface area contributed by atoms with E-state index in [1.54, 1.807) is 19.2 Å². The summed E-state index contributed by atoms with van der Waals surface area (Å²) in [6.45, 7) is 2.78.